The van der Waals surface area contributed by atoms with Crippen molar-refractivity contribution in [1.82, 2.24) is 0 Å². The normalized spacial score (nSPS) is 8.57. The maximum Gasteiger partial charge on any atom is 2.00 e. The number of halogens is 1. The van der Waals surface area contributed by atoms with Crippen LogP contribution in [0, 0.1) is 0 Å². The van der Waals surface area contributed by atoms with Crippen LogP contribution < -0.4 is 0 Å². The van der Waals surface area contributed by atoms with Crippen molar-refractivity contribution in [2.24, 2.45) is 0 Å². The Morgan fingerprint density at radius 2 is 1.00 bits per heavy atom. The molecule has 0 saturated carbocycles. The maximum absolute atomic E-state index is 7.33. The van der Waals surface area contributed by atoms with E-state index in [1.54, 1.807) is 0 Å². The summed E-state index contributed by atoms with van der Waals surface area (Å²) in [6.07, 6.45) is 0. The zero-order chi connectivity index (χ0) is 4.50. The van der Waals surface area contributed by atoms with Crippen LogP contribution in [0.25, 0.3) is 0 Å². The molecule has 7 heavy (non-hydrogen) atoms. The average Bonchev–Trinajstić information content (AvgIpc) is 0.722. The fourth-order valence-corrected chi connectivity index (χ4v) is 0. The van der Waals surface area contributed by atoms with Crippen molar-refractivity contribution >= 4 is 57.9 Å². The molecule has 0 radical (unpaired) electrons. The van der Waals surface area contributed by atoms with Gasteiger partial charge in [-0.2, -0.15) is 0 Å². The van der Waals surface area contributed by atoms with Crippen molar-refractivity contribution in [2.45, 2.75) is 0 Å². The molecule has 0 aromatic rings. The average molecular weight is 255 g/mol. The second-order valence-corrected chi connectivity index (χ2v) is 1.80. The summed E-state index contributed by atoms with van der Waals surface area (Å²) < 4.78 is 0. The van der Waals surface area contributed by atoms with Gasteiger partial charge >= 0.3 is 57.9 Å². The zero-order valence-corrected chi connectivity index (χ0v) is 8.84. The molecule has 0 unspecified atom stereocenters. The fraction of sp³-hybridized carbons (Fsp3) is 0. The summed E-state index contributed by atoms with van der Waals surface area (Å²) in [6.45, 7) is 0. The van der Waals surface area contributed by atoms with E-state index in [2.05, 4.69) is 0 Å². The SMILES string of the molecule is F.O[Si](O)(O)O.[Ba+2].[H-].[H-]. The van der Waals surface area contributed by atoms with Crippen LogP contribution in [0.2, 0.25) is 0 Å². The molecule has 0 saturated heterocycles. The molecule has 0 atom stereocenters. The summed E-state index contributed by atoms with van der Waals surface area (Å²) in [5.74, 6) is 0. The van der Waals surface area contributed by atoms with E-state index < -0.39 is 9.05 Å². The van der Waals surface area contributed by atoms with Crippen molar-refractivity contribution in [3.8, 4) is 0 Å². The summed E-state index contributed by atoms with van der Waals surface area (Å²) >= 11 is 0. The first kappa shape index (κ1) is 15.8. The molecule has 0 heterocycles. The van der Waals surface area contributed by atoms with Gasteiger partial charge in [-0.3, -0.25) is 4.70 Å². The molecule has 0 aliphatic rings. The van der Waals surface area contributed by atoms with Crippen LogP contribution in [-0.4, -0.2) is 77.1 Å². The Morgan fingerprint density at radius 3 is 1.00 bits per heavy atom. The van der Waals surface area contributed by atoms with Gasteiger partial charge in [0.15, 0.2) is 0 Å². The number of hydrogen-bond donors (Lipinski definition) is 4. The summed E-state index contributed by atoms with van der Waals surface area (Å²) in [7, 11) is -4.61. The van der Waals surface area contributed by atoms with Crippen molar-refractivity contribution in [1.29, 1.82) is 0 Å². The van der Waals surface area contributed by atoms with E-state index in [1.807, 2.05) is 0 Å². The smallest absolute Gasteiger partial charge is 1.00 e. The Hall–Kier alpha value is 1.56. The van der Waals surface area contributed by atoms with Crippen LogP contribution in [0.3, 0.4) is 0 Å². The van der Waals surface area contributed by atoms with E-state index in [0.29, 0.717) is 0 Å². The summed E-state index contributed by atoms with van der Waals surface area (Å²) in [5, 5.41) is 0. The molecule has 4 N–H and O–H groups in total. The van der Waals surface area contributed by atoms with E-state index in [4.69, 9.17) is 19.2 Å². The first-order chi connectivity index (χ1) is 2.00. The molecule has 0 aliphatic heterocycles. The molecule has 0 spiro atoms. The topological polar surface area (TPSA) is 80.9 Å². The molecule has 0 fully saturated rings. The molecule has 0 rings (SSSR count). The van der Waals surface area contributed by atoms with Gasteiger partial charge in [0.05, 0.1) is 0 Å². The van der Waals surface area contributed by atoms with Crippen LogP contribution in [0.5, 0.6) is 0 Å². The van der Waals surface area contributed by atoms with Crippen LogP contribution in [-0.2, 0) is 0 Å². The standard InChI is InChI=1S/Ba.FH.H4O4Si.2H/c;;1-5(2,3)4;;/h;1H;1-4H;;/q+2;;;2*-1. The minimum Gasteiger partial charge on any atom is -1.00 e. The third-order valence-electron chi connectivity index (χ3n) is 0. The molecule has 0 aromatic carbocycles. The Balaban J connectivity index is -0.0000000133. The van der Waals surface area contributed by atoms with Crippen LogP contribution in [0.4, 0.5) is 4.70 Å². The fourth-order valence-electron chi connectivity index (χ4n) is 0. The van der Waals surface area contributed by atoms with Gasteiger partial charge in [-0.25, -0.2) is 0 Å². The molecule has 0 bridgehead atoms. The molecule has 4 nitrogen and oxygen atoms in total. The van der Waals surface area contributed by atoms with Gasteiger partial charge < -0.3 is 22.0 Å². The zero-order valence-electron chi connectivity index (χ0n) is 5.40. The van der Waals surface area contributed by atoms with E-state index in [-0.39, 0.29) is 56.4 Å². The van der Waals surface area contributed by atoms with Gasteiger partial charge in [-0.05, 0) is 0 Å². The van der Waals surface area contributed by atoms with Gasteiger partial charge in [0.25, 0.3) is 0 Å². The molecule has 0 aliphatic carbocycles. The van der Waals surface area contributed by atoms with Crippen LogP contribution >= 0.6 is 0 Å². The first-order valence-corrected chi connectivity index (χ1v) is 2.68. The Kier molecular flexibility index (Phi) is 12.9. The number of hydrogen-bond acceptors (Lipinski definition) is 4. The van der Waals surface area contributed by atoms with Crippen molar-refractivity contribution in [2.75, 3.05) is 0 Å². The second-order valence-electron chi connectivity index (χ2n) is 0.600. The molecular weight excluding hydrogens is 248 g/mol. The molecule has 0 amide bonds. The van der Waals surface area contributed by atoms with Gasteiger partial charge in [-0.1, -0.05) is 0 Å². The van der Waals surface area contributed by atoms with Gasteiger partial charge in [0, 0.05) is 0 Å². The van der Waals surface area contributed by atoms with E-state index in [1.165, 1.54) is 0 Å². The predicted molar refractivity (Wildman–Crippen MR) is 25.1 cm³/mol. The van der Waals surface area contributed by atoms with Crippen LogP contribution in [0.15, 0.2) is 0 Å². The molecule has 0 aromatic heterocycles. The largest absolute Gasteiger partial charge is 2.00 e. The third kappa shape index (κ3) is 96.2. The minimum atomic E-state index is -4.61. The Bertz CT molecular complexity index is 34.0. The monoisotopic (exact) mass is 256 g/mol. The summed E-state index contributed by atoms with van der Waals surface area (Å²) in [4.78, 5) is 29.3. The van der Waals surface area contributed by atoms with Crippen molar-refractivity contribution < 1.29 is 26.7 Å². The summed E-state index contributed by atoms with van der Waals surface area (Å²) in [6, 6.07) is 0. The molecule has 44 valence electrons. The Labute approximate surface area is 83.7 Å². The quantitative estimate of drug-likeness (QED) is 0.358. The maximum atomic E-state index is 7.33. The third-order valence-corrected chi connectivity index (χ3v) is 0. The molecular formula is H7BaFO4Si. The second kappa shape index (κ2) is 5.69. The van der Waals surface area contributed by atoms with Gasteiger partial charge in [-0.15, -0.1) is 0 Å². The van der Waals surface area contributed by atoms with Crippen molar-refractivity contribution in [3.05, 3.63) is 0 Å². The van der Waals surface area contributed by atoms with Crippen molar-refractivity contribution in [3.63, 3.8) is 0 Å². The van der Waals surface area contributed by atoms with E-state index in [9.17, 15) is 0 Å². The van der Waals surface area contributed by atoms with Crippen LogP contribution in [0.1, 0.15) is 2.85 Å². The van der Waals surface area contributed by atoms with Gasteiger partial charge in [0.1, 0.15) is 0 Å². The summed E-state index contributed by atoms with van der Waals surface area (Å²) in [5.41, 5.74) is 0. The van der Waals surface area contributed by atoms with E-state index >= 15 is 0 Å². The van der Waals surface area contributed by atoms with Gasteiger partial charge in [0.2, 0.25) is 0 Å². The first-order valence-electron chi connectivity index (χ1n) is 0.894. The molecule has 7 heteroatoms. The Morgan fingerprint density at radius 1 is 1.00 bits per heavy atom. The minimum absolute atomic E-state index is 0. The predicted octanol–water partition coefficient (Wildman–Crippen LogP) is -2.61. The number of rotatable bonds is 0. The van der Waals surface area contributed by atoms with E-state index in [0.717, 1.165) is 0 Å².